The van der Waals surface area contributed by atoms with Crippen LogP contribution in [0.3, 0.4) is 0 Å². The van der Waals surface area contributed by atoms with Crippen LogP contribution in [-0.4, -0.2) is 13.0 Å². The second-order valence-electron chi connectivity index (χ2n) is 3.92. The van der Waals surface area contributed by atoms with E-state index in [-0.39, 0.29) is 5.91 Å². The first-order valence-corrected chi connectivity index (χ1v) is 5.98. The van der Waals surface area contributed by atoms with Crippen LogP contribution in [-0.2, 0) is 0 Å². The van der Waals surface area contributed by atoms with Gasteiger partial charge in [-0.2, -0.15) is 0 Å². The predicted octanol–water partition coefficient (Wildman–Crippen LogP) is 3.18. The third-order valence-corrected chi connectivity index (χ3v) is 2.85. The lowest BCUT2D eigenvalue weighted by molar-refractivity contribution is 0.102. The molecule has 5 heteroatoms. The normalized spacial score (nSPS) is 10.0. The lowest BCUT2D eigenvalue weighted by atomic mass is 10.1. The van der Waals surface area contributed by atoms with Crippen molar-refractivity contribution in [2.45, 2.75) is 0 Å². The Bertz CT molecular complexity index is 597. The van der Waals surface area contributed by atoms with E-state index in [4.69, 9.17) is 22.1 Å². The van der Waals surface area contributed by atoms with Gasteiger partial charge in [0.15, 0.2) is 0 Å². The molecule has 0 unspecified atom stereocenters. The molecule has 1 amide bonds. The average Bonchev–Trinajstić information content (AvgIpc) is 2.42. The average molecular weight is 277 g/mol. The summed E-state index contributed by atoms with van der Waals surface area (Å²) >= 11 is 5.78. The number of hydrogen-bond acceptors (Lipinski definition) is 3. The molecular formula is C14H13ClN2O2. The number of nitrogens with two attached hydrogens (primary N) is 1. The lowest BCUT2D eigenvalue weighted by Crippen LogP contribution is -2.12. The zero-order chi connectivity index (χ0) is 13.8. The zero-order valence-corrected chi connectivity index (χ0v) is 11.1. The van der Waals surface area contributed by atoms with E-state index in [0.717, 1.165) is 0 Å². The van der Waals surface area contributed by atoms with Crippen LogP contribution in [0.5, 0.6) is 5.75 Å². The largest absolute Gasteiger partial charge is 0.495 e. The molecule has 2 rings (SSSR count). The summed E-state index contributed by atoms with van der Waals surface area (Å²) in [4.78, 5) is 12.0. The van der Waals surface area contributed by atoms with E-state index in [1.54, 1.807) is 42.5 Å². The van der Waals surface area contributed by atoms with Crippen molar-refractivity contribution in [3.63, 3.8) is 0 Å². The van der Waals surface area contributed by atoms with Crippen LogP contribution < -0.4 is 15.8 Å². The quantitative estimate of drug-likeness (QED) is 0.846. The highest BCUT2D eigenvalue weighted by Gasteiger charge is 2.09. The van der Waals surface area contributed by atoms with Gasteiger partial charge in [0.1, 0.15) is 5.75 Å². The maximum atomic E-state index is 12.0. The molecule has 19 heavy (non-hydrogen) atoms. The second-order valence-corrected chi connectivity index (χ2v) is 4.35. The number of amides is 1. The van der Waals surface area contributed by atoms with Crippen molar-refractivity contribution in [2.24, 2.45) is 0 Å². The molecule has 2 aromatic rings. The molecule has 0 bridgehead atoms. The molecule has 0 aromatic heterocycles. The molecule has 3 N–H and O–H groups in total. The number of anilines is 2. The highest BCUT2D eigenvalue weighted by molar-refractivity contribution is 6.30. The van der Waals surface area contributed by atoms with Crippen LogP contribution in [0, 0.1) is 0 Å². The Balaban J connectivity index is 2.18. The Morgan fingerprint density at radius 3 is 2.53 bits per heavy atom. The first kappa shape index (κ1) is 13.2. The van der Waals surface area contributed by atoms with Crippen molar-refractivity contribution in [1.82, 2.24) is 0 Å². The molecule has 0 atom stereocenters. The SMILES string of the molecule is COc1cc(C(=O)Nc2ccc(Cl)cc2)ccc1N. The fraction of sp³-hybridized carbons (Fsp3) is 0.0714. The van der Waals surface area contributed by atoms with Crippen LogP contribution in [0.25, 0.3) is 0 Å². The minimum Gasteiger partial charge on any atom is -0.495 e. The molecule has 0 aliphatic carbocycles. The zero-order valence-electron chi connectivity index (χ0n) is 10.3. The van der Waals surface area contributed by atoms with E-state index in [1.807, 2.05) is 0 Å². The monoisotopic (exact) mass is 276 g/mol. The Morgan fingerprint density at radius 2 is 1.89 bits per heavy atom. The molecule has 2 aromatic carbocycles. The third-order valence-electron chi connectivity index (χ3n) is 2.60. The van der Waals surface area contributed by atoms with Crippen molar-refractivity contribution >= 4 is 28.9 Å². The first-order valence-electron chi connectivity index (χ1n) is 5.60. The maximum Gasteiger partial charge on any atom is 0.255 e. The molecule has 0 heterocycles. The van der Waals surface area contributed by atoms with Gasteiger partial charge in [0.05, 0.1) is 12.8 Å². The number of carbonyl (C=O) groups is 1. The van der Waals surface area contributed by atoms with Gasteiger partial charge in [0, 0.05) is 16.3 Å². The van der Waals surface area contributed by atoms with Gasteiger partial charge < -0.3 is 15.8 Å². The summed E-state index contributed by atoms with van der Waals surface area (Å²) in [5.74, 6) is 0.240. The molecule has 0 fully saturated rings. The number of methoxy groups -OCH3 is 1. The van der Waals surface area contributed by atoms with E-state index < -0.39 is 0 Å². The molecule has 0 saturated carbocycles. The third kappa shape index (κ3) is 3.17. The number of nitrogen functional groups attached to an aromatic ring is 1. The van der Waals surface area contributed by atoms with Crippen LogP contribution in [0.1, 0.15) is 10.4 Å². The topological polar surface area (TPSA) is 64.3 Å². The molecule has 4 nitrogen and oxygen atoms in total. The first-order chi connectivity index (χ1) is 9.10. The minimum absolute atomic E-state index is 0.236. The van der Waals surface area contributed by atoms with Crippen molar-refractivity contribution in [2.75, 3.05) is 18.2 Å². The fourth-order valence-electron chi connectivity index (χ4n) is 1.59. The van der Waals surface area contributed by atoms with Crippen LogP contribution in [0.15, 0.2) is 42.5 Å². The standard InChI is InChI=1S/C14H13ClN2O2/c1-19-13-8-9(2-7-12(13)16)14(18)17-11-5-3-10(15)4-6-11/h2-8H,16H2,1H3,(H,17,18). The van der Waals surface area contributed by atoms with Crippen molar-refractivity contribution in [3.05, 3.63) is 53.1 Å². The molecular weight excluding hydrogens is 264 g/mol. The van der Waals surface area contributed by atoms with E-state index >= 15 is 0 Å². The van der Waals surface area contributed by atoms with Gasteiger partial charge in [0.25, 0.3) is 5.91 Å². The van der Waals surface area contributed by atoms with E-state index in [2.05, 4.69) is 5.32 Å². The Kier molecular flexibility index (Phi) is 3.92. The highest BCUT2D eigenvalue weighted by atomic mass is 35.5. The summed E-state index contributed by atoms with van der Waals surface area (Å²) in [7, 11) is 1.51. The van der Waals surface area contributed by atoms with Crippen molar-refractivity contribution in [3.8, 4) is 5.75 Å². The number of halogens is 1. The minimum atomic E-state index is -0.236. The molecule has 0 radical (unpaired) electrons. The number of benzene rings is 2. The Labute approximate surface area is 116 Å². The van der Waals surface area contributed by atoms with Gasteiger partial charge in [-0.25, -0.2) is 0 Å². The summed E-state index contributed by atoms with van der Waals surface area (Å²) < 4.78 is 5.08. The van der Waals surface area contributed by atoms with Gasteiger partial charge in [-0.15, -0.1) is 0 Å². The van der Waals surface area contributed by atoms with Gasteiger partial charge in [-0.05, 0) is 42.5 Å². The number of nitrogens with one attached hydrogen (secondary N) is 1. The number of hydrogen-bond donors (Lipinski definition) is 2. The van der Waals surface area contributed by atoms with Gasteiger partial charge >= 0.3 is 0 Å². The van der Waals surface area contributed by atoms with Gasteiger partial charge in [-0.1, -0.05) is 11.6 Å². The molecule has 98 valence electrons. The smallest absolute Gasteiger partial charge is 0.255 e. The number of ether oxygens (including phenoxy) is 1. The maximum absolute atomic E-state index is 12.0. The van der Waals surface area contributed by atoms with E-state index in [9.17, 15) is 4.79 Å². The van der Waals surface area contributed by atoms with Gasteiger partial charge in [0.2, 0.25) is 0 Å². The summed E-state index contributed by atoms with van der Waals surface area (Å²) in [5.41, 5.74) is 7.33. The Hall–Kier alpha value is -2.20. The molecule has 0 aliphatic heterocycles. The number of rotatable bonds is 3. The highest BCUT2D eigenvalue weighted by Crippen LogP contribution is 2.23. The van der Waals surface area contributed by atoms with E-state index in [1.165, 1.54) is 7.11 Å². The van der Waals surface area contributed by atoms with Crippen LogP contribution in [0.4, 0.5) is 11.4 Å². The summed E-state index contributed by atoms with van der Waals surface area (Å²) in [6.07, 6.45) is 0. The molecule has 0 spiro atoms. The van der Waals surface area contributed by atoms with Crippen molar-refractivity contribution < 1.29 is 9.53 Å². The van der Waals surface area contributed by atoms with E-state index in [0.29, 0.717) is 27.7 Å². The van der Waals surface area contributed by atoms with Crippen LogP contribution in [0.2, 0.25) is 5.02 Å². The molecule has 0 saturated heterocycles. The van der Waals surface area contributed by atoms with Crippen molar-refractivity contribution in [1.29, 1.82) is 0 Å². The Morgan fingerprint density at radius 1 is 1.21 bits per heavy atom. The number of carbonyl (C=O) groups excluding carboxylic acids is 1. The fourth-order valence-corrected chi connectivity index (χ4v) is 1.71. The van der Waals surface area contributed by atoms with Gasteiger partial charge in [-0.3, -0.25) is 4.79 Å². The summed E-state index contributed by atoms with van der Waals surface area (Å²) in [5, 5.41) is 3.38. The second kappa shape index (κ2) is 5.63. The summed E-state index contributed by atoms with van der Waals surface area (Å²) in [6, 6.07) is 11.8. The predicted molar refractivity (Wildman–Crippen MR) is 76.8 cm³/mol. The summed E-state index contributed by atoms with van der Waals surface area (Å²) in [6.45, 7) is 0. The molecule has 0 aliphatic rings. The van der Waals surface area contributed by atoms with Crippen LogP contribution >= 0.6 is 11.6 Å². The lowest BCUT2D eigenvalue weighted by Gasteiger charge is -2.08.